The van der Waals surface area contributed by atoms with Crippen LogP contribution in [0.25, 0.3) is 0 Å². The van der Waals surface area contributed by atoms with E-state index < -0.39 is 0 Å². The van der Waals surface area contributed by atoms with Crippen LogP contribution in [0.15, 0.2) is 36.4 Å². The molecule has 1 aliphatic heterocycles. The highest BCUT2D eigenvalue weighted by Gasteiger charge is 2.26. The number of ketones is 1. The first kappa shape index (κ1) is 15.3. The normalized spacial score (nSPS) is 17.1. The molecule has 3 rings (SSSR count). The Morgan fingerprint density at radius 3 is 2.82 bits per heavy atom. The van der Waals surface area contributed by atoms with E-state index in [1.165, 1.54) is 0 Å². The number of carbonyl (C=O) groups is 1. The van der Waals surface area contributed by atoms with Gasteiger partial charge < -0.3 is 11.1 Å². The standard InChI is InChI=1S/C17H16Cl2N2O/c18-12-2-1-11(15(19)9-12)8-16(22)17-14-4-3-13(20)7-10(14)5-6-21-17/h1-4,7,9,17,21H,5-6,8,20H2. The van der Waals surface area contributed by atoms with Gasteiger partial charge >= 0.3 is 0 Å². The van der Waals surface area contributed by atoms with Gasteiger partial charge in [-0.25, -0.2) is 0 Å². The molecule has 3 nitrogen and oxygen atoms in total. The molecular weight excluding hydrogens is 319 g/mol. The number of nitrogens with two attached hydrogens (primary N) is 1. The molecule has 0 aliphatic carbocycles. The summed E-state index contributed by atoms with van der Waals surface area (Å²) in [5.74, 6) is 0.0925. The molecular formula is C17H16Cl2N2O. The summed E-state index contributed by atoms with van der Waals surface area (Å²) >= 11 is 12.1. The van der Waals surface area contributed by atoms with E-state index in [9.17, 15) is 4.79 Å². The number of Topliss-reactive ketones (excluding diaryl/α,β-unsaturated/α-hetero) is 1. The lowest BCUT2D eigenvalue weighted by atomic mass is 9.89. The first-order valence-electron chi connectivity index (χ1n) is 7.13. The van der Waals surface area contributed by atoms with Gasteiger partial charge in [0.05, 0.1) is 6.04 Å². The Bertz CT molecular complexity index is 731. The van der Waals surface area contributed by atoms with E-state index >= 15 is 0 Å². The largest absolute Gasteiger partial charge is 0.399 e. The van der Waals surface area contributed by atoms with Gasteiger partial charge in [0.1, 0.15) is 0 Å². The van der Waals surface area contributed by atoms with Crippen molar-refractivity contribution in [1.29, 1.82) is 0 Å². The van der Waals surface area contributed by atoms with Crippen LogP contribution in [0.4, 0.5) is 5.69 Å². The van der Waals surface area contributed by atoms with Crippen molar-refractivity contribution in [2.75, 3.05) is 12.3 Å². The van der Waals surface area contributed by atoms with E-state index in [4.69, 9.17) is 28.9 Å². The molecule has 0 saturated heterocycles. The molecule has 2 aromatic carbocycles. The van der Waals surface area contributed by atoms with E-state index in [2.05, 4.69) is 5.32 Å². The average molecular weight is 335 g/mol. The maximum absolute atomic E-state index is 12.7. The second-order valence-corrected chi connectivity index (χ2v) is 6.32. The third-order valence-corrected chi connectivity index (χ3v) is 4.51. The molecule has 0 bridgehead atoms. The Hall–Kier alpha value is -1.55. The number of nitrogens with one attached hydrogen (secondary N) is 1. The Labute approximate surface area is 139 Å². The predicted octanol–water partition coefficient (Wildman–Crippen LogP) is 3.57. The third-order valence-electron chi connectivity index (χ3n) is 3.92. The molecule has 0 amide bonds. The molecule has 1 aliphatic rings. The van der Waals surface area contributed by atoms with Crippen molar-refractivity contribution >= 4 is 34.7 Å². The van der Waals surface area contributed by atoms with Crippen molar-refractivity contribution in [3.63, 3.8) is 0 Å². The summed E-state index contributed by atoms with van der Waals surface area (Å²) in [6.45, 7) is 0.765. The zero-order chi connectivity index (χ0) is 15.7. The van der Waals surface area contributed by atoms with Crippen molar-refractivity contribution in [2.24, 2.45) is 0 Å². The van der Waals surface area contributed by atoms with Gasteiger partial charge in [-0.05, 0) is 47.4 Å². The summed E-state index contributed by atoms with van der Waals surface area (Å²) in [5, 5.41) is 4.38. The van der Waals surface area contributed by atoms with Crippen LogP contribution in [0.5, 0.6) is 0 Å². The van der Waals surface area contributed by atoms with Crippen LogP contribution in [-0.4, -0.2) is 12.3 Å². The maximum Gasteiger partial charge on any atom is 0.158 e. The van der Waals surface area contributed by atoms with Gasteiger partial charge in [0.2, 0.25) is 0 Å². The molecule has 2 aromatic rings. The van der Waals surface area contributed by atoms with Crippen LogP contribution in [0.2, 0.25) is 10.0 Å². The lowest BCUT2D eigenvalue weighted by Crippen LogP contribution is -2.36. The monoisotopic (exact) mass is 334 g/mol. The summed E-state index contributed by atoms with van der Waals surface area (Å²) in [4.78, 5) is 12.7. The number of fused-ring (bicyclic) bond motifs is 1. The molecule has 5 heteroatoms. The topological polar surface area (TPSA) is 55.1 Å². The molecule has 0 radical (unpaired) electrons. The first-order valence-corrected chi connectivity index (χ1v) is 7.88. The molecule has 1 heterocycles. The molecule has 0 spiro atoms. The fourth-order valence-corrected chi connectivity index (χ4v) is 3.30. The van der Waals surface area contributed by atoms with E-state index in [0.29, 0.717) is 10.0 Å². The van der Waals surface area contributed by atoms with Gasteiger partial charge in [0.25, 0.3) is 0 Å². The van der Waals surface area contributed by atoms with Crippen molar-refractivity contribution in [3.8, 4) is 0 Å². The first-order chi connectivity index (χ1) is 10.5. The molecule has 1 atom stereocenters. The van der Waals surface area contributed by atoms with Gasteiger partial charge in [0, 0.05) is 28.7 Å². The summed E-state index contributed by atoms with van der Waals surface area (Å²) < 4.78 is 0. The highest BCUT2D eigenvalue weighted by atomic mass is 35.5. The van der Waals surface area contributed by atoms with Gasteiger partial charge in [-0.3, -0.25) is 4.79 Å². The highest BCUT2D eigenvalue weighted by Crippen LogP contribution is 2.28. The lowest BCUT2D eigenvalue weighted by Gasteiger charge is -2.26. The van der Waals surface area contributed by atoms with Crippen LogP contribution < -0.4 is 11.1 Å². The van der Waals surface area contributed by atoms with Crippen LogP contribution in [0, 0.1) is 0 Å². The number of benzene rings is 2. The molecule has 114 valence electrons. The van der Waals surface area contributed by atoms with Gasteiger partial charge in [-0.1, -0.05) is 35.3 Å². The third kappa shape index (κ3) is 3.12. The Morgan fingerprint density at radius 2 is 2.05 bits per heavy atom. The SMILES string of the molecule is Nc1ccc2c(c1)CCNC2C(=O)Cc1ccc(Cl)cc1Cl. The van der Waals surface area contributed by atoms with E-state index in [1.807, 2.05) is 18.2 Å². The molecule has 3 N–H and O–H groups in total. The van der Waals surface area contributed by atoms with Crippen molar-refractivity contribution in [3.05, 3.63) is 63.1 Å². The van der Waals surface area contributed by atoms with E-state index in [0.717, 1.165) is 35.3 Å². The number of anilines is 1. The minimum absolute atomic E-state index is 0.0925. The fourth-order valence-electron chi connectivity index (χ4n) is 2.83. The fraction of sp³-hybridized carbons (Fsp3) is 0.235. The summed E-state index contributed by atoms with van der Waals surface area (Å²) in [6.07, 6.45) is 1.16. The van der Waals surface area contributed by atoms with Crippen LogP contribution in [-0.2, 0) is 17.6 Å². The van der Waals surface area contributed by atoms with Crippen molar-refractivity contribution in [1.82, 2.24) is 5.32 Å². The number of rotatable bonds is 3. The summed E-state index contributed by atoms with van der Waals surface area (Å²) in [7, 11) is 0. The quantitative estimate of drug-likeness (QED) is 0.843. The minimum atomic E-state index is -0.309. The number of nitrogen functional groups attached to an aromatic ring is 1. The van der Waals surface area contributed by atoms with E-state index in [1.54, 1.807) is 18.2 Å². The number of carbonyl (C=O) groups excluding carboxylic acids is 1. The second-order valence-electron chi connectivity index (χ2n) is 5.47. The van der Waals surface area contributed by atoms with Crippen molar-refractivity contribution in [2.45, 2.75) is 18.9 Å². The molecule has 1 unspecified atom stereocenters. The predicted molar refractivity (Wildman–Crippen MR) is 90.5 cm³/mol. The zero-order valence-electron chi connectivity index (χ0n) is 11.9. The molecule has 0 saturated carbocycles. The second kappa shape index (κ2) is 6.29. The summed E-state index contributed by atoms with van der Waals surface area (Å²) in [5.41, 5.74) is 9.50. The summed E-state index contributed by atoms with van der Waals surface area (Å²) in [6, 6.07) is 10.6. The number of halogens is 2. The smallest absolute Gasteiger partial charge is 0.158 e. The number of hydrogen-bond donors (Lipinski definition) is 2. The van der Waals surface area contributed by atoms with Gasteiger partial charge in [0.15, 0.2) is 5.78 Å². The Balaban J connectivity index is 1.85. The minimum Gasteiger partial charge on any atom is -0.399 e. The lowest BCUT2D eigenvalue weighted by molar-refractivity contribution is -0.120. The van der Waals surface area contributed by atoms with Crippen LogP contribution in [0.1, 0.15) is 22.7 Å². The van der Waals surface area contributed by atoms with Crippen LogP contribution in [0.3, 0.4) is 0 Å². The zero-order valence-corrected chi connectivity index (χ0v) is 13.4. The average Bonchev–Trinajstić information content (AvgIpc) is 2.49. The Morgan fingerprint density at radius 1 is 1.23 bits per heavy atom. The van der Waals surface area contributed by atoms with Gasteiger partial charge in [-0.2, -0.15) is 0 Å². The maximum atomic E-state index is 12.7. The number of hydrogen-bond acceptors (Lipinski definition) is 3. The Kier molecular flexibility index (Phi) is 4.39. The van der Waals surface area contributed by atoms with Crippen molar-refractivity contribution < 1.29 is 4.79 Å². The van der Waals surface area contributed by atoms with Crippen LogP contribution >= 0.6 is 23.2 Å². The molecule has 22 heavy (non-hydrogen) atoms. The molecule has 0 fully saturated rings. The molecule has 0 aromatic heterocycles. The van der Waals surface area contributed by atoms with E-state index in [-0.39, 0.29) is 18.2 Å². The highest BCUT2D eigenvalue weighted by molar-refractivity contribution is 6.35. The van der Waals surface area contributed by atoms with Gasteiger partial charge in [-0.15, -0.1) is 0 Å².